The van der Waals surface area contributed by atoms with Gasteiger partial charge in [-0.25, -0.2) is 0 Å². The largest absolute Gasteiger partial charge is 0.391 e. The van der Waals surface area contributed by atoms with Gasteiger partial charge in [0.05, 0.1) is 6.10 Å². The third-order valence-corrected chi connectivity index (χ3v) is 5.34. The van der Waals surface area contributed by atoms with E-state index in [-0.39, 0.29) is 31.1 Å². The molecular formula is C23H25N3O5. The lowest BCUT2D eigenvalue weighted by atomic mass is 9.99. The van der Waals surface area contributed by atoms with Gasteiger partial charge >= 0.3 is 0 Å². The Morgan fingerprint density at radius 1 is 1.06 bits per heavy atom. The molecule has 0 saturated carbocycles. The molecule has 2 aromatic rings. The van der Waals surface area contributed by atoms with E-state index in [1.807, 2.05) is 6.07 Å². The van der Waals surface area contributed by atoms with E-state index in [1.54, 1.807) is 48.5 Å². The van der Waals surface area contributed by atoms with Crippen molar-refractivity contribution >= 4 is 23.5 Å². The fourth-order valence-corrected chi connectivity index (χ4v) is 3.69. The average Bonchev–Trinajstić information content (AvgIpc) is 3.16. The molecule has 1 aliphatic heterocycles. The Kier molecular flexibility index (Phi) is 6.81. The van der Waals surface area contributed by atoms with Crippen LogP contribution in [0.3, 0.4) is 0 Å². The number of nitrogens with two attached hydrogens (primary N) is 1. The van der Waals surface area contributed by atoms with Crippen molar-refractivity contribution in [2.75, 3.05) is 6.54 Å². The van der Waals surface area contributed by atoms with Crippen LogP contribution in [0.1, 0.15) is 34.8 Å². The average molecular weight is 423 g/mol. The van der Waals surface area contributed by atoms with Crippen LogP contribution in [0.2, 0.25) is 0 Å². The molecule has 162 valence electrons. The van der Waals surface area contributed by atoms with E-state index in [0.717, 1.165) is 0 Å². The van der Waals surface area contributed by atoms with Crippen LogP contribution in [-0.2, 0) is 20.8 Å². The van der Waals surface area contributed by atoms with E-state index in [0.29, 0.717) is 16.7 Å². The molecular weight excluding hydrogens is 398 g/mol. The van der Waals surface area contributed by atoms with Gasteiger partial charge in [-0.05, 0) is 5.56 Å². The molecule has 1 heterocycles. The zero-order chi connectivity index (χ0) is 22.5. The number of aliphatic hydroxyl groups excluding tert-OH is 1. The number of benzene rings is 2. The Bertz CT molecular complexity index is 974. The van der Waals surface area contributed by atoms with Gasteiger partial charge in [-0.15, -0.1) is 0 Å². The Morgan fingerprint density at radius 3 is 2.26 bits per heavy atom. The molecule has 3 rings (SSSR count). The number of β-amino-alcohol motifs (C(OH)–C–C–N with tert-alkyl or cyclic N) is 1. The Labute approximate surface area is 180 Å². The summed E-state index contributed by atoms with van der Waals surface area (Å²) in [5, 5.41) is 12.4. The molecule has 4 N–H and O–H groups in total. The minimum Gasteiger partial charge on any atom is -0.391 e. The molecule has 0 aliphatic carbocycles. The van der Waals surface area contributed by atoms with Crippen molar-refractivity contribution in [2.24, 2.45) is 5.73 Å². The first kappa shape index (κ1) is 22.2. The molecule has 0 spiro atoms. The number of hydrogen-bond donors (Lipinski definition) is 3. The Hall–Kier alpha value is -3.52. The number of hydrogen-bond acceptors (Lipinski definition) is 5. The van der Waals surface area contributed by atoms with Crippen LogP contribution in [0.25, 0.3) is 0 Å². The standard InChI is InChI=1S/C23H25N3O5/c1-14(27)26-13-18(28)12-20(26)23(31)25-19(22(24)30)11-15-7-9-17(10-8-15)21(29)16-5-3-2-4-6-16/h2-10,18-20,28H,11-13H2,1H3,(H2,24,30)(H,25,31)/t18-,19+,20+/m1/s1. The predicted molar refractivity (Wildman–Crippen MR) is 113 cm³/mol. The van der Waals surface area contributed by atoms with Gasteiger partial charge in [0.2, 0.25) is 17.7 Å². The maximum absolute atomic E-state index is 12.6. The van der Waals surface area contributed by atoms with E-state index in [4.69, 9.17) is 5.73 Å². The minimum atomic E-state index is -0.991. The molecule has 1 saturated heterocycles. The van der Waals surface area contributed by atoms with Crippen LogP contribution in [-0.4, -0.2) is 58.2 Å². The number of carbonyl (C=O) groups is 4. The van der Waals surface area contributed by atoms with E-state index >= 15 is 0 Å². The monoisotopic (exact) mass is 423 g/mol. The van der Waals surface area contributed by atoms with Crippen LogP contribution in [0, 0.1) is 0 Å². The highest BCUT2D eigenvalue weighted by Gasteiger charge is 2.38. The van der Waals surface area contributed by atoms with Crippen molar-refractivity contribution in [1.82, 2.24) is 10.2 Å². The van der Waals surface area contributed by atoms with Crippen molar-refractivity contribution in [3.63, 3.8) is 0 Å². The van der Waals surface area contributed by atoms with Crippen molar-refractivity contribution < 1.29 is 24.3 Å². The number of carbonyl (C=O) groups excluding carboxylic acids is 4. The van der Waals surface area contributed by atoms with Gasteiger partial charge < -0.3 is 21.1 Å². The number of nitrogens with one attached hydrogen (secondary N) is 1. The number of ketones is 1. The molecule has 0 aromatic heterocycles. The molecule has 1 aliphatic rings. The minimum absolute atomic E-state index is 0.0750. The molecule has 0 unspecified atom stereocenters. The first-order valence-electron chi connectivity index (χ1n) is 10.00. The Balaban J connectivity index is 1.67. The second-order valence-electron chi connectivity index (χ2n) is 7.64. The smallest absolute Gasteiger partial charge is 0.243 e. The highest BCUT2D eigenvalue weighted by Crippen LogP contribution is 2.19. The van der Waals surface area contributed by atoms with Crippen LogP contribution in [0.5, 0.6) is 0 Å². The Morgan fingerprint density at radius 2 is 1.68 bits per heavy atom. The second-order valence-corrected chi connectivity index (χ2v) is 7.64. The molecule has 0 radical (unpaired) electrons. The number of primary amides is 1. The lowest BCUT2D eigenvalue weighted by Crippen LogP contribution is -2.52. The lowest BCUT2D eigenvalue weighted by molar-refractivity contribution is -0.138. The molecule has 0 bridgehead atoms. The number of aliphatic hydroxyl groups is 1. The summed E-state index contributed by atoms with van der Waals surface area (Å²) in [6.07, 6.45) is -0.551. The maximum atomic E-state index is 12.6. The zero-order valence-corrected chi connectivity index (χ0v) is 17.2. The number of likely N-dealkylation sites (tertiary alicyclic amines) is 1. The quantitative estimate of drug-likeness (QED) is 0.556. The summed E-state index contributed by atoms with van der Waals surface area (Å²) in [7, 11) is 0. The van der Waals surface area contributed by atoms with Gasteiger partial charge in [-0.1, -0.05) is 54.6 Å². The molecule has 1 fully saturated rings. The van der Waals surface area contributed by atoms with E-state index in [2.05, 4.69) is 5.32 Å². The third kappa shape index (κ3) is 5.35. The highest BCUT2D eigenvalue weighted by molar-refractivity contribution is 6.08. The van der Waals surface area contributed by atoms with Gasteiger partial charge in [-0.3, -0.25) is 19.2 Å². The summed E-state index contributed by atoms with van der Waals surface area (Å²) >= 11 is 0. The van der Waals surface area contributed by atoms with Crippen molar-refractivity contribution in [3.05, 3.63) is 71.3 Å². The summed E-state index contributed by atoms with van der Waals surface area (Å²) in [4.78, 5) is 50.1. The first-order valence-corrected chi connectivity index (χ1v) is 10.00. The van der Waals surface area contributed by atoms with Crippen molar-refractivity contribution in [3.8, 4) is 0 Å². The molecule has 3 amide bonds. The van der Waals surface area contributed by atoms with Gasteiger partial charge in [0.15, 0.2) is 5.78 Å². The first-order chi connectivity index (χ1) is 14.8. The summed E-state index contributed by atoms with van der Waals surface area (Å²) in [5.41, 5.74) is 7.26. The normalized spacial score (nSPS) is 19.0. The number of nitrogens with zero attached hydrogens (tertiary/aromatic N) is 1. The van der Waals surface area contributed by atoms with Gasteiger partial charge in [0.1, 0.15) is 12.1 Å². The third-order valence-electron chi connectivity index (χ3n) is 5.34. The predicted octanol–water partition coefficient (Wildman–Crippen LogP) is 0.412. The van der Waals surface area contributed by atoms with Crippen LogP contribution < -0.4 is 11.1 Å². The highest BCUT2D eigenvalue weighted by atomic mass is 16.3. The van der Waals surface area contributed by atoms with E-state index in [1.165, 1.54) is 11.8 Å². The van der Waals surface area contributed by atoms with Crippen LogP contribution in [0.15, 0.2) is 54.6 Å². The summed E-state index contributed by atoms with van der Waals surface area (Å²) in [6.45, 7) is 1.40. The van der Waals surface area contributed by atoms with Crippen LogP contribution >= 0.6 is 0 Å². The van der Waals surface area contributed by atoms with Gasteiger partial charge in [-0.2, -0.15) is 0 Å². The maximum Gasteiger partial charge on any atom is 0.243 e. The second kappa shape index (κ2) is 9.53. The molecule has 3 atom stereocenters. The van der Waals surface area contributed by atoms with Crippen molar-refractivity contribution in [1.29, 1.82) is 0 Å². The lowest BCUT2D eigenvalue weighted by Gasteiger charge is -2.24. The zero-order valence-electron chi connectivity index (χ0n) is 17.2. The van der Waals surface area contributed by atoms with E-state index < -0.39 is 30.0 Å². The topological polar surface area (TPSA) is 130 Å². The van der Waals surface area contributed by atoms with Crippen molar-refractivity contribution in [2.45, 2.75) is 38.0 Å². The number of rotatable bonds is 7. The SMILES string of the molecule is CC(=O)N1C[C@H](O)C[C@H]1C(=O)N[C@@H](Cc1ccc(C(=O)c2ccccc2)cc1)C(N)=O. The molecule has 2 aromatic carbocycles. The van der Waals surface area contributed by atoms with Crippen LogP contribution in [0.4, 0.5) is 0 Å². The summed E-state index contributed by atoms with van der Waals surface area (Å²) < 4.78 is 0. The fourth-order valence-electron chi connectivity index (χ4n) is 3.69. The van der Waals surface area contributed by atoms with Gasteiger partial charge in [0.25, 0.3) is 0 Å². The van der Waals surface area contributed by atoms with E-state index in [9.17, 15) is 24.3 Å². The number of amides is 3. The molecule has 8 heteroatoms. The molecule has 31 heavy (non-hydrogen) atoms. The summed E-state index contributed by atoms with van der Waals surface area (Å²) in [6, 6.07) is 13.8. The fraction of sp³-hybridized carbons (Fsp3) is 0.304. The molecule has 8 nitrogen and oxygen atoms in total. The van der Waals surface area contributed by atoms with Gasteiger partial charge in [0, 0.05) is 37.4 Å². The summed E-state index contributed by atoms with van der Waals surface area (Å²) in [5.74, 6) is -1.70.